The molecule has 1 aromatic heterocycles. The quantitative estimate of drug-likeness (QED) is 0.639. The predicted molar refractivity (Wildman–Crippen MR) is 83.3 cm³/mol. The zero-order valence-corrected chi connectivity index (χ0v) is 12.2. The molecule has 0 bridgehead atoms. The highest BCUT2D eigenvalue weighted by Gasteiger charge is 2.13. The Morgan fingerprint density at radius 3 is 2.55 bits per heavy atom. The van der Waals surface area contributed by atoms with E-state index in [0.717, 1.165) is 21.2 Å². The Balaban J connectivity index is 2.18. The summed E-state index contributed by atoms with van der Waals surface area (Å²) in [6, 6.07) is 16.5. The fourth-order valence-corrected chi connectivity index (χ4v) is 3.25. The molecule has 0 amide bonds. The summed E-state index contributed by atoms with van der Waals surface area (Å²) in [4.78, 5) is 12.3. The third kappa shape index (κ3) is 2.21. The number of fused-ring (bicyclic) bond motifs is 1. The largest absolute Gasteiger partial charge is 0.465 e. The number of carbonyl (C=O) groups is 1. The maximum Gasteiger partial charge on any atom is 0.348 e. The summed E-state index contributed by atoms with van der Waals surface area (Å²) in [7, 11) is 1.41. The lowest BCUT2D eigenvalue weighted by atomic mass is 10.0. The van der Waals surface area contributed by atoms with E-state index in [-0.39, 0.29) is 5.97 Å². The van der Waals surface area contributed by atoms with Crippen LogP contribution in [0.2, 0.25) is 0 Å². The Morgan fingerprint density at radius 2 is 1.85 bits per heavy atom. The van der Waals surface area contributed by atoms with Gasteiger partial charge in [0.2, 0.25) is 0 Å². The van der Waals surface area contributed by atoms with Crippen molar-refractivity contribution in [3.63, 3.8) is 0 Å². The van der Waals surface area contributed by atoms with Gasteiger partial charge in [0.1, 0.15) is 4.88 Å². The molecule has 0 saturated carbocycles. The van der Waals surface area contributed by atoms with Gasteiger partial charge in [-0.25, -0.2) is 4.79 Å². The number of hydrogen-bond acceptors (Lipinski definition) is 3. The minimum absolute atomic E-state index is 0.277. The molecule has 0 saturated heterocycles. The van der Waals surface area contributed by atoms with Crippen LogP contribution in [0, 0.1) is 6.92 Å². The molecule has 0 aliphatic carbocycles. The van der Waals surface area contributed by atoms with E-state index in [4.69, 9.17) is 4.74 Å². The Bertz CT molecular complexity index is 769. The van der Waals surface area contributed by atoms with Crippen LogP contribution in [0.1, 0.15) is 15.2 Å². The highest BCUT2D eigenvalue weighted by molar-refractivity contribution is 7.20. The molecule has 2 nitrogen and oxygen atoms in total. The first-order valence-corrected chi connectivity index (χ1v) is 7.18. The summed E-state index contributed by atoms with van der Waals surface area (Å²) < 4.78 is 5.90. The lowest BCUT2D eigenvalue weighted by molar-refractivity contribution is 0.0606. The van der Waals surface area contributed by atoms with Crippen molar-refractivity contribution >= 4 is 27.4 Å². The van der Waals surface area contributed by atoms with Gasteiger partial charge < -0.3 is 4.74 Å². The molecule has 0 aliphatic rings. The van der Waals surface area contributed by atoms with Crippen LogP contribution < -0.4 is 0 Å². The van der Waals surface area contributed by atoms with Crippen molar-refractivity contribution in [3.05, 3.63) is 59.0 Å². The van der Waals surface area contributed by atoms with Crippen LogP contribution in [-0.2, 0) is 4.74 Å². The van der Waals surface area contributed by atoms with E-state index >= 15 is 0 Å². The van der Waals surface area contributed by atoms with Crippen molar-refractivity contribution in [2.75, 3.05) is 7.11 Å². The van der Waals surface area contributed by atoms with Crippen molar-refractivity contribution in [1.82, 2.24) is 0 Å². The number of methoxy groups -OCH3 is 1. The Morgan fingerprint density at radius 1 is 1.10 bits per heavy atom. The molecule has 0 N–H and O–H groups in total. The zero-order valence-electron chi connectivity index (χ0n) is 11.3. The van der Waals surface area contributed by atoms with Crippen molar-refractivity contribution < 1.29 is 9.53 Å². The lowest BCUT2D eigenvalue weighted by Crippen LogP contribution is -1.96. The molecular formula is C17H14O2S. The number of benzene rings is 2. The maximum atomic E-state index is 11.7. The smallest absolute Gasteiger partial charge is 0.348 e. The van der Waals surface area contributed by atoms with E-state index < -0.39 is 0 Å². The highest BCUT2D eigenvalue weighted by Crippen LogP contribution is 2.34. The lowest BCUT2D eigenvalue weighted by Gasteiger charge is -2.04. The summed E-state index contributed by atoms with van der Waals surface area (Å²) in [5, 5.41) is 1.10. The summed E-state index contributed by atoms with van der Waals surface area (Å²) in [5.74, 6) is -0.277. The second-order valence-corrected chi connectivity index (χ2v) is 5.77. The first kappa shape index (κ1) is 12.9. The van der Waals surface area contributed by atoms with Gasteiger partial charge in [0.15, 0.2) is 0 Å². The number of hydrogen-bond donors (Lipinski definition) is 0. The molecule has 0 radical (unpaired) electrons. The highest BCUT2D eigenvalue weighted by atomic mass is 32.1. The van der Waals surface area contributed by atoms with E-state index in [1.165, 1.54) is 24.0 Å². The van der Waals surface area contributed by atoms with Gasteiger partial charge in [-0.1, -0.05) is 42.0 Å². The van der Waals surface area contributed by atoms with Gasteiger partial charge >= 0.3 is 5.97 Å². The number of ether oxygens (including phenoxy) is 1. The second kappa shape index (κ2) is 5.10. The van der Waals surface area contributed by atoms with Crippen molar-refractivity contribution in [2.45, 2.75) is 6.92 Å². The fraction of sp³-hybridized carbons (Fsp3) is 0.118. The predicted octanol–water partition coefficient (Wildman–Crippen LogP) is 4.66. The van der Waals surface area contributed by atoms with Crippen LogP contribution in [0.15, 0.2) is 48.5 Å². The molecule has 2 aromatic carbocycles. The minimum Gasteiger partial charge on any atom is -0.465 e. The zero-order chi connectivity index (χ0) is 14.1. The normalized spacial score (nSPS) is 10.7. The van der Waals surface area contributed by atoms with Crippen LogP contribution in [-0.4, -0.2) is 13.1 Å². The van der Waals surface area contributed by atoms with E-state index in [1.807, 2.05) is 18.2 Å². The Hall–Kier alpha value is -2.13. The third-order valence-corrected chi connectivity index (χ3v) is 4.39. The Labute approximate surface area is 121 Å². The van der Waals surface area contributed by atoms with Crippen LogP contribution >= 0.6 is 11.3 Å². The summed E-state index contributed by atoms with van der Waals surface area (Å²) in [6.07, 6.45) is 0. The summed E-state index contributed by atoms with van der Waals surface area (Å²) in [5.41, 5.74) is 3.55. The molecule has 3 heteroatoms. The average Bonchev–Trinajstić information content (AvgIpc) is 2.91. The molecule has 3 rings (SSSR count). The first-order chi connectivity index (χ1) is 9.69. The fourth-order valence-electron chi connectivity index (χ4n) is 2.25. The van der Waals surface area contributed by atoms with Crippen LogP contribution in [0.3, 0.4) is 0 Å². The minimum atomic E-state index is -0.277. The molecule has 0 atom stereocenters. The number of aryl methyl sites for hydroxylation is 1. The number of thiophene rings is 1. The van der Waals surface area contributed by atoms with Gasteiger partial charge in [0.25, 0.3) is 0 Å². The first-order valence-electron chi connectivity index (χ1n) is 6.37. The van der Waals surface area contributed by atoms with Gasteiger partial charge in [-0.3, -0.25) is 0 Å². The molecule has 3 aromatic rings. The molecular weight excluding hydrogens is 268 g/mol. The number of rotatable bonds is 2. The topological polar surface area (TPSA) is 26.3 Å². The van der Waals surface area contributed by atoms with Gasteiger partial charge in [0, 0.05) is 10.1 Å². The van der Waals surface area contributed by atoms with Crippen LogP contribution in [0.25, 0.3) is 21.2 Å². The standard InChI is InChI=1S/C17H14O2S/c1-11-6-8-12(9-7-11)13-4-3-5-15-14(13)10-16(20-15)17(18)19-2/h3-10H,1-2H3. The number of esters is 1. The molecule has 1 heterocycles. The van der Waals surface area contributed by atoms with Crippen molar-refractivity contribution in [1.29, 1.82) is 0 Å². The molecule has 20 heavy (non-hydrogen) atoms. The van der Waals surface area contributed by atoms with Gasteiger partial charge in [-0.05, 0) is 30.2 Å². The monoisotopic (exact) mass is 282 g/mol. The van der Waals surface area contributed by atoms with E-state index in [9.17, 15) is 4.79 Å². The molecule has 100 valence electrons. The van der Waals surface area contributed by atoms with Gasteiger partial charge in [0.05, 0.1) is 7.11 Å². The third-order valence-electron chi connectivity index (χ3n) is 3.31. The van der Waals surface area contributed by atoms with Gasteiger partial charge in [-0.15, -0.1) is 11.3 Å². The summed E-state index contributed by atoms with van der Waals surface area (Å²) in [6.45, 7) is 2.07. The number of carbonyl (C=O) groups excluding carboxylic acids is 1. The van der Waals surface area contributed by atoms with Crippen molar-refractivity contribution in [2.24, 2.45) is 0 Å². The molecule has 0 aliphatic heterocycles. The van der Waals surface area contributed by atoms with Gasteiger partial charge in [-0.2, -0.15) is 0 Å². The van der Waals surface area contributed by atoms with E-state index in [2.05, 4.69) is 37.3 Å². The maximum absolute atomic E-state index is 11.7. The molecule has 0 unspecified atom stereocenters. The van der Waals surface area contributed by atoms with Crippen LogP contribution in [0.5, 0.6) is 0 Å². The van der Waals surface area contributed by atoms with Crippen molar-refractivity contribution in [3.8, 4) is 11.1 Å². The second-order valence-electron chi connectivity index (χ2n) is 4.69. The average molecular weight is 282 g/mol. The van der Waals surface area contributed by atoms with E-state index in [0.29, 0.717) is 4.88 Å². The Kier molecular flexibility index (Phi) is 3.28. The molecule has 0 fully saturated rings. The van der Waals surface area contributed by atoms with Crippen LogP contribution in [0.4, 0.5) is 0 Å². The molecule has 0 spiro atoms. The van der Waals surface area contributed by atoms with E-state index in [1.54, 1.807) is 0 Å². The summed E-state index contributed by atoms with van der Waals surface area (Å²) >= 11 is 1.47. The SMILES string of the molecule is COC(=O)c1cc2c(-c3ccc(C)cc3)cccc2s1.